The number of nitrogens with zero attached hydrogens (tertiary/aromatic N) is 5. The standard InChI is InChI=1S/C21H26N6O3S/c1-14-12-30-13-20-24-18-4-3-15(9-19(18)27(14)20)16-10-22-21(23-11-16)26-7-5-17(6-8-26)25-31(2,28)29/h3-4,9-11,14,17,25H,5-8,12-13H2,1-2H3/t14-/m0/s1. The molecular formula is C21H26N6O3S. The van der Waals surface area contributed by atoms with Gasteiger partial charge in [0.2, 0.25) is 16.0 Å². The highest BCUT2D eigenvalue weighted by Gasteiger charge is 2.23. The average molecular weight is 443 g/mol. The Morgan fingerprint density at radius 3 is 2.58 bits per heavy atom. The van der Waals surface area contributed by atoms with Gasteiger partial charge in [-0.25, -0.2) is 28.1 Å². The normalized spacial score (nSPS) is 20.2. The quantitative estimate of drug-likeness (QED) is 0.660. The van der Waals surface area contributed by atoms with E-state index in [1.165, 1.54) is 6.26 Å². The minimum Gasteiger partial charge on any atom is -0.371 e. The molecule has 0 spiro atoms. The number of hydrogen-bond acceptors (Lipinski definition) is 7. The van der Waals surface area contributed by atoms with E-state index < -0.39 is 10.0 Å². The minimum absolute atomic E-state index is 0.0216. The maximum atomic E-state index is 11.4. The fourth-order valence-corrected chi connectivity index (χ4v) is 5.29. The smallest absolute Gasteiger partial charge is 0.225 e. The Hall–Kier alpha value is -2.56. The van der Waals surface area contributed by atoms with Crippen molar-refractivity contribution in [1.29, 1.82) is 0 Å². The molecule has 3 aromatic rings. The molecule has 4 heterocycles. The Kier molecular flexibility index (Phi) is 5.15. The van der Waals surface area contributed by atoms with Crippen LogP contribution in [-0.2, 0) is 21.4 Å². The molecule has 1 fully saturated rings. The second kappa shape index (κ2) is 7.85. The number of aromatic nitrogens is 4. The molecule has 1 saturated heterocycles. The number of hydrogen-bond donors (Lipinski definition) is 1. The summed E-state index contributed by atoms with van der Waals surface area (Å²) in [7, 11) is -3.18. The molecule has 9 nitrogen and oxygen atoms in total. The van der Waals surface area contributed by atoms with Crippen LogP contribution in [0, 0.1) is 0 Å². The van der Waals surface area contributed by atoms with Crippen molar-refractivity contribution in [3.63, 3.8) is 0 Å². The summed E-state index contributed by atoms with van der Waals surface area (Å²) < 4.78 is 33.4. The van der Waals surface area contributed by atoms with Gasteiger partial charge in [-0.2, -0.15) is 0 Å². The number of piperidine rings is 1. The first-order valence-electron chi connectivity index (χ1n) is 10.5. The van der Waals surface area contributed by atoms with Gasteiger partial charge in [0.15, 0.2) is 0 Å². The minimum atomic E-state index is -3.18. The first kappa shape index (κ1) is 20.3. The zero-order valence-electron chi connectivity index (χ0n) is 17.7. The Morgan fingerprint density at radius 2 is 1.87 bits per heavy atom. The van der Waals surface area contributed by atoms with Gasteiger partial charge in [-0.1, -0.05) is 6.07 Å². The van der Waals surface area contributed by atoms with Gasteiger partial charge in [0.25, 0.3) is 0 Å². The summed E-state index contributed by atoms with van der Waals surface area (Å²) in [5.41, 5.74) is 4.08. The Morgan fingerprint density at radius 1 is 1.13 bits per heavy atom. The van der Waals surface area contributed by atoms with E-state index in [4.69, 9.17) is 9.72 Å². The summed E-state index contributed by atoms with van der Waals surface area (Å²) in [5.74, 6) is 1.64. The summed E-state index contributed by atoms with van der Waals surface area (Å²) in [6.45, 7) is 4.82. The number of rotatable bonds is 4. The van der Waals surface area contributed by atoms with E-state index in [0.29, 0.717) is 19.2 Å². The first-order chi connectivity index (χ1) is 14.9. The molecule has 2 aliphatic rings. The highest BCUT2D eigenvalue weighted by Crippen LogP contribution is 2.29. The average Bonchev–Trinajstić information content (AvgIpc) is 3.12. The van der Waals surface area contributed by atoms with Gasteiger partial charge >= 0.3 is 0 Å². The Labute approximate surface area is 181 Å². The number of sulfonamides is 1. The molecule has 0 saturated carbocycles. The third kappa shape index (κ3) is 4.15. The Balaban J connectivity index is 1.34. The SMILES string of the molecule is C[C@H]1COCc2nc3ccc(-c4cnc(N5CCC(NS(C)(=O)=O)CC5)nc4)cc3n21. The van der Waals surface area contributed by atoms with E-state index in [-0.39, 0.29) is 12.1 Å². The monoisotopic (exact) mass is 442 g/mol. The molecular weight excluding hydrogens is 416 g/mol. The zero-order chi connectivity index (χ0) is 21.6. The van der Waals surface area contributed by atoms with Crippen molar-refractivity contribution in [3.05, 3.63) is 36.4 Å². The second-order valence-electron chi connectivity index (χ2n) is 8.39. The van der Waals surface area contributed by atoms with Crippen LogP contribution in [0.3, 0.4) is 0 Å². The molecule has 164 valence electrons. The zero-order valence-corrected chi connectivity index (χ0v) is 18.5. The van der Waals surface area contributed by atoms with E-state index >= 15 is 0 Å². The van der Waals surface area contributed by atoms with Crippen LogP contribution >= 0.6 is 0 Å². The topological polar surface area (TPSA) is 102 Å². The Bertz CT molecular complexity index is 1200. The third-order valence-electron chi connectivity index (χ3n) is 5.92. The number of ether oxygens (including phenoxy) is 1. The van der Waals surface area contributed by atoms with Gasteiger partial charge in [0.05, 0.1) is 29.9 Å². The molecule has 1 N–H and O–H groups in total. The van der Waals surface area contributed by atoms with Gasteiger partial charge in [-0.3, -0.25) is 0 Å². The van der Waals surface area contributed by atoms with Crippen molar-refractivity contribution >= 4 is 27.0 Å². The summed E-state index contributed by atoms with van der Waals surface area (Å²) in [4.78, 5) is 16.0. The van der Waals surface area contributed by atoms with Crippen molar-refractivity contribution in [3.8, 4) is 11.1 Å². The van der Waals surface area contributed by atoms with Gasteiger partial charge in [0, 0.05) is 37.1 Å². The fourth-order valence-electron chi connectivity index (χ4n) is 4.45. The maximum Gasteiger partial charge on any atom is 0.225 e. The molecule has 0 radical (unpaired) electrons. The lowest BCUT2D eigenvalue weighted by Crippen LogP contribution is -2.44. The van der Waals surface area contributed by atoms with E-state index in [1.807, 2.05) is 24.5 Å². The molecule has 5 rings (SSSR count). The summed E-state index contributed by atoms with van der Waals surface area (Å²) in [5, 5.41) is 0. The van der Waals surface area contributed by atoms with Crippen LogP contribution < -0.4 is 9.62 Å². The lowest BCUT2D eigenvalue weighted by Gasteiger charge is -2.31. The summed E-state index contributed by atoms with van der Waals surface area (Å²) in [6.07, 6.45) is 6.38. The highest BCUT2D eigenvalue weighted by atomic mass is 32.2. The predicted molar refractivity (Wildman–Crippen MR) is 118 cm³/mol. The number of anilines is 1. The van der Waals surface area contributed by atoms with E-state index in [1.54, 1.807) is 0 Å². The largest absolute Gasteiger partial charge is 0.371 e. The summed E-state index contributed by atoms with van der Waals surface area (Å²) in [6, 6.07) is 6.47. The van der Waals surface area contributed by atoms with Crippen LogP contribution in [0.2, 0.25) is 0 Å². The third-order valence-corrected chi connectivity index (χ3v) is 6.69. The molecule has 0 aliphatic carbocycles. The molecule has 0 amide bonds. The number of nitrogens with one attached hydrogen (secondary N) is 1. The number of benzene rings is 1. The molecule has 10 heteroatoms. The first-order valence-corrected chi connectivity index (χ1v) is 12.4. The van der Waals surface area contributed by atoms with Gasteiger partial charge in [-0.15, -0.1) is 0 Å². The van der Waals surface area contributed by atoms with Crippen LogP contribution in [0.25, 0.3) is 22.2 Å². The molecule has 1 aromatic carbocycles. The predicted octanol–water partition coefficient (Wildman–Crippen LogP) is 2.10. The lowest BCUT2D eigenvalue weighted by atomic mass is 10.1. The number of fused-ring (bicyclic) bond motifs is 3. The molecule has 31 heavy (non-hydrogen) atoms. The molecule has 1 atom stereocenters. The van der Waals surface area contributed by atoms with Crippen LogP contribution in [0.5, 0.6) is 0 Å². The van der Waals surface area contributed by atoms with Crippen LogP contribution in [-0.4, -0.2) is 59.9 Å². The van der Waals surface area contributed by atoms with Crippen molar-refractivity contribution in [1.82, 2.24) is 24.2 Å². The van der Waals surface area contributed by atoms with E-state index in [0.717, 1.165) is 53.9 Å². The van der Waals surface area contributed by atoms with E-state index in [2.05, 4.69) is 37.1 Å². The van der Waals surface area contributed by atoms with Crippen LogP contribution in [0.4, 0.5) is 5.95 Å². The lowest BCUT2D eigenvalue weighted by molar-refractivity contribution is 0.0621. The van der Waals surface area contributed by atoms with Crippen LogP contribution in [0.1, 0.15) is 31.6 Å². The maximum absolute atomic E-state index is 11.4. The number of imidazole rings is 1. The van der Waals surface area contributed by atoms with Crippen molar-refractivity contribution in [2.45, 2.75) is 38.5 Å². The van der Waals surface area contributed by atoms with Crippen LogP contribution in [0.15, 0.2) is 30.6 Å². The van der Waals surface area contributed by atoms with Crippen molar-refractivity contribution in [2.75, 3.05) is 30.9 Å². The summed E-state index contributed by atoms with van der Waals surface area (Å²) >= 11 is 0. The highest BCUT2D eigenvalue weighted by molar-refractivity contribution is 7.88. The second-order valence-corrected chi connectivity index (χ2v) is 10.2. The molecule has 2 aliphatic heterocycles. The van der Waals surface area contributed by atoms with E-state index in [9.17, 15) is 8.42 Å². The van der Waals surface area contributed by atoms with Crippen molar-refractivity contribution in [2.24, 2.45) is 0 Å². The van der Waals surface area contributed by atoms with Gasteiger partial charge < -0.3 is 14.2 Å². The van der Waals surface area contributed by atoms with Crippen molar-refractivity contribution < 1.29 is 13.2 Å². The van der Waals surface area contributed by atoms with Gasteiger partial charge in [0.1, 0.15) is 12.4 Å². The fraction of sp³-hybridized carbons (Fsp3) is 0.476. The molecule has 0 bridgehead atoms. The van der Waals surface area contributed by atoms with Gasteiger partial charge in [-0.05, 0) is 37.5 Å². The molecule has 2 aromatic heterocycles. The molecule has 0 unspecified atom stereocenters.